The maximum absolute atomic E-state index is 5.56. The molecule has 3 atom stereocenters. The normalized spacial score (nSPS) is 27.6. The highest BCUT2D eigenvalue weighted by atomic mass is 35.5. The molecule has 1 aliphatic carbocycles. The van der Waals surface area contributed by atoms with E-state index >= 15 is 0 Å². The molecule has 0 aromatic carbocycles. The van der Waals surface area contributed by atoms with Gasteiger partial charge in [-0.15, -0.1) is 24.8 Å². The lowest BCUT2D eigenvalue weighted by molar-refractivity contribution is 0.0982. The molecular formula is C14H24Cl2N4O. The Balaban J connectivity index is 0.00000110. The zero-order chi connectivity index (χ0) is 13.4. The lowest BCUT2D eigenvalue weighted by atomic mass is 10.0. The van der Waals surface area contributed by atoms with Gasteiger partial charge in [0.15, 0.2) is 0 Å². The highest BCUT2D eigenvalue weighted by Crippen LogP contribution is 2.44. The van der Waals surface area contributed by atoms with Gasteiger partial charge in [-0.25, -0.2) is 9.97 Å². The fraction of sp³-hybridized carbons (Fsp3) is 0.714. The topological polar surface area (TPSA) is 50.3 Å². The standard InChI is InChI=1S/C14H22N4O.2ClH/c1-9-6-11(19-3)13-12(9)14(17-8-16-13)18-5-4-15-7-10(18)2;;/h8-11,15H,4-7H2,1-3H3;2*1H/t9-,10?,11-;;/m1../s1. The molecular weight excluding hydrogens is 311 g/mol. The van der Waals surface area contributed by atoms with Crippen molar-refractivity contribution in [3.05, 3.63) is 17.6 Å². The number of piperazine rings is 1. The van der Waals surface area contributed by atoms with Gasteiger partial charge in [-0.05, 0) is 19.3 Å². The first kappa shape index (κ1) is 18.4. The van der Waals surface area contributed by atoms with Crippen LogP contribution in [0.4, 0.5) is 5.82 Å². The Kier molecular flexibility index (Phi) is 6.66. The Morgan fingerprint density at radius 2 is 2.05 bits per heavy atom. The van der Waals surface area contributed by atoms with Gasteiger partial charge in [-0.1, -0.05) is 6.92 Å². The predicted molar refractivity (Wildman–Crippen MR) is 89.0 cm³/mol. The van der Waals surface area contributed by atoms with Gasteiger partial charge in [0, 0.05) is 38.3 Å². The molecule has 1 fully saturated rings. The Hall–Kier alpha value is -0.620. The molecule has 0 saturated carbocycles. The van der Waals surface area contributed by atoms with Gasteiger partial charge in [0.1, 0.15) is 18.2 Å². The van der Waals surface area contributed by atoms with E-state index in [9.17, 15) is 0 Å². The second-order valence-electron chi connectivity index (χ2n) is 5.60. The van der Waals surface area contributed by atoms with Gasteiger partial charge in [0.25, 0.3) is 0 Å². The molecule has 1 aromatic heterocycles. The van der Waals surface area contributed by atoms with Crippen molar-refractivity contribution in [3.8, 4) is 0 Å². The van der Waals surface area contributed by atoms with Gasteiger partial charge in [-0.3, -0.25) is 0 Å². The molecule has 1 N–H and O–H groups in total. The van der Waals surface area contributed by atoms with Crippen LogP contribution in [0.2, 0.25) is 0 Å². The Morgan fingerprint density at radius 3 is 2.71 bits per heavy atom. The van der Waals surface area contributed by atoms with E-state index in [1.807, 2.05) is 0 Å². The van der Waals surface area contributed by atoms with E-state index in [1.165, 1.54) is 5.56 Å². The Morgan fingerprint density at radius 1 is 1.29 bits per heavy atom. The molecule has 7 heteroatoms. The summed E-state index contributed by atoms with van der Waals surface area (Å²) < 4.78 is 5.56. The smallest absolute Gasteiger partial charge is 0.136 e. The van der Waals surface area contributed by atoms with E-state index in [0.29, 0.717) is 12.0 Å². The molecule has 120 valence electrons. The van der Waals surface area contributed by atoms with E-state index in [1.54, 1.807) is 13.4 Å². The minimum atomic E-state index is 0. The molecule has 1 unspecified atom stereocenters. The quantitative estimate of drug-likeness (QED) is 0.899. The number of rotatable bonds is 2. The summed E-state index contributed by atoms with van der Waals surface area (Å²) in [5, 5.41) is 3.42. The fourth-order valence-electron chi connectivity index (χ4n) is 3.27. The monoisotopic (exact) mass is 334 g/mol. The first-order chi connectivity index (χ1) is 9.22. The number of methoxy groups -OCH3 is 1. The second kappa shape index (κ2) is 7.58. The van der Waals surface area contributed by atoms with Crippen molar-refractivity contribution in [1.82, 2.24) is 15.3 Å². The number of nitrogens with one attached hydrogen (secondary N) is 1. The number of hydrogen-bond donors (Lipinski definition) is 1. The summed E-state index contributed by atoms with van der Waals surface area (Å²) in [5.41, 5.74) is 2.38. The van der Waals surface area contributed by atoms with Crippen LogP contribution in [0, 0.1) is 0 Å². The molecule has 0 spiro atoms. The lowest BCUT2D eigenvalue weighted by Gasteiger charge is -2.36. The number of hydrogen-bond acceptors (Lipinski definition) is 5. The van der Waals surface area contributed by atoms with E-state index in [4.69, 9.17) is 4.74 Å². The van der Waals surface area contributed by atoms with Crippen molar-refractivity contribution in [2.24, 2.45) is 0 Å². The zero-order valence-electron chi connectivity index (χ0n) is 12.7. The molecule has 0 bridgehead atoms. The van der Waals surface area contributed by atoms with Gasteiger partial charge in [0.05, 0.1) is 5.69 Å². The lowest BCUT2D eigenvalue weighted by Crippen LogP contribution is -2.50. The summed E-state index contributed by atoms with van der Waals surface area (Å²) in [5.74, 6) is 1.59. The van der Waals surface area contributed by atoms with E-state index in [2.05, 4.69) is 34.0 Å². The summed E-state index contributed by atoms with van der Waals surface area (Å²) >= 11 is 0. The number of anilines is 1. The van der Waals surface area contributed by atoms with Crippen LogP contribution in [-0.2, 0) is 4.74 Å². The van der Waals surface area contributed by atoms with Crippen molar-refractivity contribution < 1.29 is 4.74 Å². The molecule has 1 saturated heterocycles. The van der Waals surface area contributed by atoms with Crippen LogP contribution in [0.5, 0.6) is 0 Å². The molecule has 5 nitrogen and oxygen atoms in total. The number of nitrogens with zero attached hydrogens (tertiary/aromatic N) is 3. The van der Waals surface area contributed by atoms with Gasteiger partial charge in [0.2, 0.25) is 0 Å². The first-order valence-corrected chi connectivity index (χ1v) is 7.07. The largest absolute Gasteiger partial charge is 0.375 e. The fourth-order valence-corrected chi connectivity index (χ4v) is 3.27. The molecule has 1 aliphatic heterocycles. The average molecular weight is 335 g/mol. The van der Waals surface area contributed by atoms with Crippen molar-refractivity contribution in [2.45, 2.75) is 38.3 Å². The van der Waals surface area contributed by atoms with Crippen LogP contribution in [0.25, 0.3) is 0 Å². The summed E-state index contributed by atoms with van der Waals surface area (Å²) in [6.07, 6.45) is 2.83. The molecule has 21 heavy (non-hydrogen) atoms. The van der Waals surface area contributed by atoms with Crippen LogP contribution in [0.1, 0.15) is 43.5 Å². The van der Waals surface area contributed by atoms with Crippen molar-refractivity contribution in [1.29, 1.82) is 0 Å². The van der Waals surface area contributed by atoms with Crippen LogP contribution in [0.15, 0.2) is 6.33 Å². The highest BCUT2D eigenvalue weighted by molar-refractivity contribution is 5.85. The van der Waals surface area contributed by atoms with Crippen LogP contribution in [0.3, 0.4) is 0 Å². The zero-order valence-corrected chi connectivity index (χ0v) is 14.3. The van der Waals surface area contributed by atoms with Gasteiger partial charge in [-0.2, -0.15) is 0 Å². The number of fused-ring (bicyclic) bond motifs is 1. The molecule has 0 radical (unpaired) electrons. The van der Waals surface area contributed by atoms with Gasteiger partial charge >= 0.3 is 0 Å². The van der Waals surface area contributed by atoms with Gasteiger partial charge < -0.3 is 15.0 Å². The third-order valence-electron chi connectivity index (χ3n) is 4.32. The minimum Gasteiger partial charge on any atom is -0.375 e. The maximum atomic E-state index is 5.56. The molecule has 0 amide bonds. The SMILES string of the molecule is CO[C@@H]1C[C@@H](C)c2c1ncnc2N1CCNCC1C.Cl.Cl. The molecule has 1 aromatic rings. The van der Waals surface area contributed by atoms with Crippen molar-refractivity contribution in [2.75, 3.05) is 31.6 Å². The van der Waals surface area contributed by atoms with Crippen molar-refractivity contribution in [3.63, 3.8) is 0 Å². The first-order valence-electron chi connectivity index (χ1n) is 7.07. The number of ether oxygens (including phenoxy) is 1. The van der Waals surface area contributed by atoms with Crippen molar-refractivity contribution >= 4 is 30.6 Å². The molecule has 2 aliphatic rings. The summed E-state index contributed by atoms with van der Waals surface area (Å²) in [7, 11) is 1.77. The van der Waals surface area contributed by atoms with Crippen LogP contribution in [-0.4, -0.2) is 42.8 Å². The van der Waals surface area contributed by atoms with Crippen LogP contribution < -0.4 is 10.2 Å². The number of aromatic nitrogens is 2. The summed E-state index contributed by atoms with van der Waals surface area (Å²) in [6, 6.07) is 0.474. The number of halogens is 2. The average Bonchev–Trinajstić information content (AvgIpc) is 2.76. The Labute approximate surface area is 138 Å². The summed E-state index contributed by atoms with van der Waals surface area (Å²) in [4.78, 5) is 11.4. The third kappa shape index (κ3) is 3.26. The highest BCUT2D eigenvalue weighted by Gasteiger charge is 2.35. The third-order valence-corrected chi connectivity index (χ3v) is 4.32. The van der Waals surface area contributed by atoms with E-state index in [-0.39, 0.29) is 30.9 Å². The second-order valence-corrected chi connectivity index (χ2v) is 5.60. The maximum Gasteiger partial charge on any atom is 0.136 e. The molecule has 3 rings (SSSR count). The predicted octanol–water partition coefficient (Wildman–Crippen LogP) is 2.31. The minimum absolute atomic E-state index is 0. The molecule has 2 heterocycles. The Bertz CT molecular complexity index is 474. The van der Waals surface area contributed by atoms with Crippen LogP contribution >= 0.6 is 24.8 Å². The van der Waals surface area contributed by atoms with E-state index < -0.39 is 0 Å². The van der Waals surface area contributed by atoms with E-state index in [0.717, 1.165) is 37.6 Å². The summed E-state index contributed by atoms with van der Waals surface area (Å²) in [6.45, 7) is 7.53.